The Hall–Kier alpha value is -0.150. The largest absolute Gasteiger partial charge is 0.496 e. The average Bonchev–Trinajstić information content (AvgIpc) is 3.01. The third kappa shape index (κ3) is 6.16. The van der Waals surface area contributed by atoms with Gasteiger partial charge in [-0.3, -0.25) is 4.99 Å². The third-order valence-electron chi connectivity index (χ3n) is 3.42. The van der Waals surface area contributed by atoms with Gasteiger partial charge in [-0.1, -0.05) is 6.07 Å². The van der Waals surface area contributed by atoms with Gasteiger partial charge in [-0.05, 0) is 52.2 Å². The van der Waals surface area contributed by atoms with Gasteiger partial charge < -0.3 is 15.4 Å². The van der Waals surface area contributed by atoms with E-state index in [-0.39, 0.29) is 24.0 Å². The van der Waals surface area contributed by atoms with E-state index in [1.54, 1.807) is 14.2 Å². The van der Waals surface area contributed by atoms with Crippen molar-refractivity contribution in [2.24, 2.45) is 4.99 Å². The fraction of sp³-hybridized carbons (Fsp3) is 0.533. The molecule has 1 saturated heterocycles. The van der Waals surface area contributed by atoms with Gasteiger partial charge in [-0.15, -0.1) is 24.0 Å². The molecule has 1 fully saturated rings. The molecule has 1 aromatic rings. The molecule has 0 bridgehead atoms. The summed E-state index contributed by atoms with van der Waals surface area (Å²) in [7, 11) is 3.48. The fourth-order valence-electron chi connectivity index (χ4n) is 2.24. The van der Waals surface area contributed by atoms with Crippen LogP contribution in [-0.2, 0) is 6.54 Å². The Morgan fingerprint density at radius 1 is 1.45 bits per heavy atom. The van der Waals surface area contributed by atoms with Crippen molar-refractivity contribution in [2.45, 2.75) is 24.6 Å². The van der Waals surface area contributed by atoms with Crippen molar-refractivity contribution in [3.63, 3.8) is 0 Å². The normalized spacial score (nSPS) is 17.8. The zero-order chi connectivity index (χ0) is 15.1. The topological polar surface area (TPSA) is 45.7 Å². The van der Waals surface area contributed by atoms with Crippen LogP contribution in [0.2, 0.25) is 0 Å². The lowest BCUT2D eigenvalue weighted by atomic mass is 10.2. The molecule has 1 atom stereocenters. The summed E-state index contributed by atoms with van der Waals surface area (Å²) in [6.07, 6.45) is 2.64. The number of methoxy groups -OCH3 is 1. The van der Waals surface area contributed by atoms with E-state index in [0.29, 0.717) is 0 Å². The zero-order valence-corrected chi connectivity index (χ0v) is 17.6. The summed E-state index contributed by atoms with van der Waals surface area (Å²) in [5.41, 5.74) is 1.18. The molecule has 0 saturated carbocycles. The van der Waals surface area contributed by atoms with Gasteiger partial charge in [0.1, 0.15) is 5.75 Å². The highest BCUT2D eigenvalue weighted by atomic mass is 127. The van der Waals surface area contributed by atoms with Crippen LogP contribution < -0.4 is 15.4 Å². The molecule has 2 N–H and O–H groups in total. The molecule has 1 aromatic carbocycles. The molecule has 22 heavy (non-hydrogen) atoms. The van der Waals surface area contributed by atoms with E-state index in [1.807, 2.05) is 17.8 Å². The van der Waals surface area contributed by atoms with E-state index < -0.39 is 0 Å². The molecule has 0 aromatic heterocycles. The van der Waals surface area contributed by atoms with Gasteiger partial charge in [-0.25, -0.2) is 0 Å². The Bertz CT molecular complexity index is 496. The van der Waals surface area contributed by atoms with Crippen molar-refractivity contribution < 1.29 is 4.74 Å². The lowest BCUT2D eigenvalue weighted by Crippen LogP contribution is -2.39. The monoisotopic (exact) mass is 499 g/mol. The number of nitrogens with one attached hydrogen (secondary N) is 2. The van der Waals surface area contributed by atoms with E-state index in [2.05, 4.69) is 43.7 Å². The summed E-state index contributed by atoms with van der Waals surface area (Å²) in [6.45, 7) is 1.72. The standard InChI is InChI=1S/C15H22BrN3OS.HI/c1-17-15(19-10-12-4-3-7-21-12)18-9-11-5-6-14(20-2)13(16)8-11;/h5-6,8,12H,3-4,7,9-10H2,1-2H3,(H2,17,18,19);1H. The maximum absolute atomic E-state index is 5.24. The Morgan fingerprint density at radius 2 is 2.27 bits per heavy atom. The Labute approximate surface area is 162 Å². The van der Waals surface area contributed by atoms with Crippen LogP contribution in [-0.4, -0.2) is 37.7 Å². The van der Waals surface area contributed by atoms with E-state index in [1.165, 1.54) is 24.2 Å². The van der Waals surface area contributed by atoms with E-state index >= 15 is 0 Å². The van der Waals surface area contributed by atoms with Crippen molar-refractivity contribution in [2.75, 3.05) is 26.5 Å². The van der Waals surface area contributed by atoms with Crippen molar-refractivity contribution in [1.82, 2.24) is 10.6 Å². The second-order valence-electron chi connectivity index (χ2n) is 4.91. The molecule has 124 valence electrons. The Kier molecular flexibility index (Phi) is 9.58. The van der Waals surface area contributed by atoms with E-state index in [9.17, 15) is 0 Å². The van der Waals surface area contributed by atoms with Crippen molar-refractivity contribution in [1.29, 1.82) is 0 Å². The van der Waals surface area contributed by atoms with Gasteiger partial charge in [0.15, 0.2) is 5.96 Å². The number of ether oxygens (including phenoxy) is 1. The van der Waals surface area contributed by atoms with E-state index in [4.69, 9.17) is 4.74 Å². The summed E-state index contributed by atoms with van der Waals surface area (Å²) in [5.74, 6) is 2.99. The summed E-state index contributed by atoms with van der Waals surface area (Å²) < 4.78 is 6.20. The van der Waals surface area contributed by atoms with Crippen LogP contribution in [0.15, 0.2) is 27.7 Å². The van der Waals surface area contributed by atoms with Crippen LogP contribution in [0.1, 0.15) is 18.4 Å². The first-order valence-corrected chi connectivity index (χ1v) is 8.95. The lowest BCUT2D eigenvalue weighted by Gasteiger charge is -2.15. The molecule has 0 aliphatic carbocycles. The first kappa shape index (κ1) is 19.9. The quantitative estimate of drug-likeness (QED) is 0.369. The van der Waals surface area contributed by atoms with Gasteiger partial charge >= 0.3 is 0 Å². The van der Waals surface area contributed by atoms with Gasteiger partial charge in [0.2, 0.25) is 0 Å². The lowest BCUT2D eigenvalue weighted by molar-refractivity contribution is 0.412. The highest BCUT2D eigenvalue weighted by molar-refractivity contribution is 14.0. The molecule has 1 aliphatic heterocycles. The second-order valence-corrected chi connectivity index (χ2v) is 7.17. The molecule has 1 heterocycles. The van der Waals surface area contributed by atoms with E-state index in [0.717, 1.165) is 34.5 Å². The van der Waals surface area contributed by atoms with Crippen molar-refractivity contribution in [3.8, 4) is 5.75 Å². The second kappa shape index (κ2) is 10.6. The third-order valence-corrected chi connectivity index (χ3v) is 5.44. The molecular formula is C15H23BrIN3OS. The molecule has 1 unspecified atom stereocenters. The first-order chi connectivity index (χ1) is 10.2. The number of thioether (sulfide) groups is 1. The summed E-state index contributed by atoms with van der Waals surface area (Å²) in [5, 5.41) is 7.46. The summed E-state index contributed by atoms with van der Waals surface area (Å²) in [6, 6.07) is 6.08. The maximum Gasteiger partial charge on any atom is 0.191 e. The number of nitrogens with zero attached hydrogens (tertiary/aromatic N) is 1. The van der Waals surface area contributed by atoms with Gasteiger partial charge in [0.05, 0.1) is 11.6 Å². The van der Waals surface area contributed by atoms with Crippen LogP contribution in [0.3, 0.4) is 0 Å². The Balaban J connectivity index is 0.00000242. The van der Waals surface area contributed by atoms with Gasteiger partial charge in [0, 0.05) is 25.4 Å². The molecule has 0 amide bonds. The first-order valence-electron chi connectivity index (χ1n) is 7.11. The summed E-state index contributed by atoms with van der Waals surface area (Å²) >= 11 is 5.56. The maximum atomic E-state index is 5.24. The highest BCUT2D eigenvalue weighted by Gasteiger charge is 2.15. The zero-order valence-electron chi connectivity index (χ0n) is 12.9. The Morgan fingerprint density at radius 3 is 2.86 bits per heavy atom. The number of rotatable bonds is 5. The highest BCUT2D eigenvalue weighted by Crippen LogP contribution is 2.26. The van der Waals surface area contributed by atoms with Crippen LogP contribution in [0, 0.1) is 0 Å². The van der Waals surface area contributed by atoms with Crippen LogP contribution in [0.5, 0.6) is 5.75 Å². The van der Waals surface area contributed by atoms with Crippen molar-refractivity contribution >= 4 is 57.6 Å². The number of benzene rings is 1. The average molecular weight is 500 g/mol. The molecule has 0 radical (unpaired) electrons. The molecule has 4 nitrogen and oxygen atoms in total. The minimum absolute atomic E-state index is 0. The molecule has 2 rings (SSSR count). The number of aliphatic imine (C=N–C) groups is 1. The molecule has 1 aliphatic rings. The molecular weight excluding hydrogens is 477 g/mol. The van der Waals surface area contributed by atoms with Gasteiger partial charge in [-0.2, -0.15) is 11.8 Å². The minimum Gasteiger partial charge on any atom is -0.496 e. The number of halogens is 2. The predicted molar refractivity (Wildman–Crippen MR) is 110 cm³/mol. The number of hydrogen-bond donors (Lipinski definition) is 2. The van der Waals surface area contributed by atoms with Gasteiger partial charge in [0.25, 0.3) is 0 Å². The smallest absolute Gasteiger partial charge is 0.191 e. The number of guanidine groups is 1. The molecule has 7 heteroatoms. The predicted octanol–water partition coefficient (Wildman–Crippen LogP) is 3.64. The van der Waals surface area contributed by atoms with Crippen LogP contribution >= 0.6 is 51.7 Å². The van der Waals surface area contributed by atoms with Crippen LogP contribution in [0.25, 0.3) is 0 Å². The minimum atomic E-state index is 0. The summed E-state index contributed by atoms with van der Waals surface area (Å²) in [4.78, 5) is 4.27. The number of hydrogen-bond acceptors (Lipinski definition) is 3. The SMILES string of the molecule is CN=C(NCc1ccc(OC)c(Br)c1)NCC1CCCS1.I. The van der Waals surface area contributed by atoms with Crippen LogP contribution in [0.4, 0.5) is 0 Å². The fourth-order valence-corrected chi connectivity index (χ4v) is 4.03. The molecule has 0 spiro atoms. The van der Waals surface area contributed by atoms with Crippen molar-refractivity contribution in [3.05, 3.63) is 28.2 Å².